The van der Waals surface area contributed by atoms with E-state index in [0.29, 0.717) is 0 Å². The summed E-state index contributed by atoms with van der Waals surface area (Å²) < 4.78 is 10.4. The van der Waals surface area contributed by atoms with Gasteiger partial charge in [0.05, 0.1) is 12.7 Å². The van der Waals surface area contributed by atoms with Gasteiger partial charge in [-0.25, -0.2) is 0 Å². The van der Waals surface area contributed by atoms with E-state index >= 15 is 0 Å². The molecule has 1 heterocycles. The fraction of sp³-hybridized carbons (Fsp3) is 0.750. The third-order valence-corrected chi connectivity index (χ3v) is 1.62. The van der Waals surface area contributed by atoms with Crippen LogP contribution in [0.2, 0.25) is 0 Å². The summed E-state index contributed by atoms with van der Waals surface area (Å²) in [5.74, 6) is 2.36. The first-order valence-corrected chi connectivity index (χ1v) is 3.68. The Bertz CT molecular complexity index is 150. The molecular formula is C8H12O3. The number of rotatable bonds is 3. The largest absolute Gasteiger partial charge is 0.394 e. The van der Waals surface area contributed by atoms with E-state index in [0.717, 1.165) is 12.8 Å². The normalized spacial score (nSPS) is 30.2. The van der Waals surface area contributed by atoms with E-state index in [9.17, 15) is 0 Å². The second kappa shape index (κ2) is 4.35. The van der Waals surface area contributed by atoms with E-state index in [1.54, 1.807) is 0 Å². The molecule has 0 aromatic carbocycles. The van der Waals surface area contributed by atoms with Crippen LogP contribution in [0.1, 0.15) is 12.8 Å². The van der Waals surface area contributed by atoms with Gasteiger partial charge >= 0.3 is 0 Å². The van der Waals surface area contributed by atoms with Crippen molar-refractivity contribution in [1.29, 1.82) is 0 Å². The summed E-state index contributed by atoms with van der Waals surface area (Å²) in [5, 5.41) is 8.69. The topological polar surface area (TPSA) is 38.7 Å². The molecule has 1 fully saturated rings. The first-order valence-electron chi connectivity index (χ1n) is 3.68. The standard InChI is InChI=1S/C8H12O3/c1-2-5-10-8-4-3-7(6-9)11-8/h1,7-9H,3-6H2/t7-,8?/m0/s1. The summed E-state index contributed by atoms with van der Waals surface area (Å²) in [6.07, 6.45) is 6.41. The summed E-state index contributed by atoms with van der Waals surface area (Å²) in [4.78, 5) is 0. The number of hydrogen-bond acceptors (Lipinski definition) is 3. The van der Waals surface area contributed by atoms with Crippen molar-refractivity contribution in [2.45, 2.75) is 25.2 Å². The smallest absolute Gasteiger partial charge is 0.159 e. The first-order chi connectivity index (χ1) is 5.36. The number of terminal acetylenes is 1. The van der Waals surface area contributed by atoms with Crippen molar-refractivity contribution in [3.8, 4) is 12.3 Å². The molecule has 0 radical (unpaired) electrons. The quantitative estimate of drug-likeness (QED) is 0.590. The van der Waals surface area contributed by atoms with Gasteiger partial charge in [0.2, 0.25) is 0 Å². The third kappa shape index (κ3) is 2.51. The molecule has 3 nitrogen and oxygen atoms in total. The van der Waals surface area contributed by atoms with Gasteiger partial charge in [-0.2, -0.15) is 0 Å². The Morgan fingerprint density at radius 2 is 2.45 bits per heavy atom. The number of aliphatic hydroxyl groups is 1. The maximum Gasteiger partial charge on any atom is 0.159 e. The van der Waals surface area contributed by atoms with Crippen LogP contribution in [0.5, 0.6) is 0 Å². The highest BCUT2D eigenvalue weighted by atomic mass is 16.7. The number of hydrogen-bond donors (Lipinski definition) is 1. The second-order valence-electron chi connectivity index (χ2n) is 2.46. The maximum absolute atomic E-state index is 8.69. The fourth-order valence-electron chi connectivity index (χ4n) is 1.07. The lowest BCUT2D eigenvalue weighted by Gasteiger charge is -2.10. The molecule has 0 saturated carbocycles. The third-order valence-electron chi connectivity index (χ3n) is 1.62. The lowest BCUT2D eigenvalue weighted by molar-refractivity contribution is -0.131. The molecule has 0 amide bonds. The van der Waals surface area contributed by atoms with Gasteiger partial charge in [-0.1, -0.05) is 5.92 Å². The summed E-state index contributed by atoms with van der Waals surface area (Å²) in [6, 6.07) is 0. The average molecular weight is 156 g/mol. The Labute approximate surface area is 66.3 Å². The van der Waals surface area contributed by atoms with Crippen LogP contribution in [0.4, 0.5) is 0 Å². The molecule has 1 N–H and O–H groups in total. The van der Waals surface area contributed by atoms with E-state index in [4.69, 9.17) is 21.0 Å². The zero-order valence-electron chi connectivity index (χ0n) is 6.32. The van der Waals surface area contributed by atoms with E-state index in [1.165, 1.54) is 0 Å². The zero-order valence-corrected chi connectivity index (χ0v) is 6.32. The Morgan fingerprint density at radius 3 is 3.00 bits per heavy atom. The Balaban J connectivity index is 2.15. The molecule has 11 heavy (non-hydrogen) atoms. The van der Waals surface area contributed by atoms with Crippen molar-refractivity contribution in [1.82, 2.24) is 0 Å². The van der Waals surface area contributed by atoms with Crippen molar-refractivity contribution in [2.75, 3.05) is 13.2 Å². The molecule has 1 aliphatic rings. The van der Waals surface area contributed by atoms with Crippen LogP contribution in [0.15, 0.2) is 0 Å². The minimum atomic E-state index is -0.205. The fourth-order valence-corrected chi connectivity index (χ4v) is 1.07. The summed E-state index contributed by atoms with van der Waals surface area (Å²) in [6.45, 7) is 0.346. The van der Waals surface area contributed by atoms with Crippen LogP contribution in [0.3, 0.4) is 0 Å². The van der Waals surface area contributed by atoms with Gasteiger partial charge in [-0.15, -0.1) is 6.42 Å². The summed E-state index contributed by atoms with van der Waals surface area (Å²) in [7, 11) is 0. The predicted octanol–water partition coefficient (Wildman–Crippen LogP) is 0.134. The van der Waals surface area contributed by atoms with Crippen LogP contribution in [-0.4, -0.2) is 30.7 Å². The van der Waals surface area contributed by atoms with Crippen LogP contribution < -0.4 is 0 Å². The lowest BCUT2D eigenvalue weighted by atomic mass is 10.2. The first kappa shape index (κ1) is 8.54. The van der Waals surface area contributed by atoms with Crippen LogP contribution in [0, 0.1) is 12.3 Å². The van der Waals surface area contributed by atoms with Crippen molar-refractivity contribution < 1.29 is 14.6 Å². The molecule has 2 atom stereocenters. The van der Waals surface area contributed by atoms with Crippen LogP contribution >= 0.6 is 0 Å². The van der Waals surface area contributed by atoms with E-state index < -0.39 is 0 Å². The summed E-state index contributed by atoms with van der Waals surface area (Å²) in [5.41, 5.74) is 0. The van der Waals surface area contributed by atoms with Crippen LogP contribution in [0.25, 0.3) is 0 Å². The molecule has 0 spiro atoms. The highest BCUT2D eigenvalue weighted by Gasteiger charge is 2.24. The van der Waals surface area contributed by atoms with Crippen molar-refractivity contribution in [3.63, 3.8) is 0 Å². The second-order valence-corrected chi connectivity index (χ2v) is 2.46. The number of ether oxygens (including phenoxy) is 2. The van der Waals surface area contributed by atoms with Crippen LogP contribution in [-0.2, 0) is 9.47 Å². The SMILES string of the molecule is C#CCOC1CC[C@@H](CO)O1. The molecule has 0 aromatic heterocycles. The molecule has 62 valence electrons. The van der Waals surface area contributed by atoms with Gasteiger partial charge < -0.3 is 14.6 Å². The molecule has 1 rings (SSSR count). The molecule has 3 heteroatoms. The minimum Gasteiger partial charge on any atom is -0.394 e. The molecule has 0 aromatic rings. The Kier molecular flexibility index (Phi) is 3.37. The molecule has 1 saturated heterocycles. The highest BCUT2D eigenvalue weighted by molar-refractivity contribution is 4.83. The Hall–Kier alpha value is -0.560. The summed E-state index contributed by atoms with van der Waals surface area (Å²) >= 11 is 0. The van der Waals surface area contributed by atoms with Crippen molar-refractivity contribution >= 4 is 0 Å². The van der Waals surface area contributed by atoms with Gasteiger partial charge in [0, 0.05) is 6.42 Å². The predicted molar refractivity (Wildman–Crippen MR) is 39.8 cm³/mol. The Morgan fingerprint density at radius 1 is 1.64 bits per heavy atom. The van der Waals surface area contributed by atoms with Gasteiger partial charge in [-0.3, -0.25) is 0 Å². The van der Waals surface area contributed by atoms with Gasteiger partial charge in [0.1, 0.15) is 6.61 Å². The minimum absolute atomic E-state index is 0.0576. The van der Waals surface area contributed by atoms with Gasteiger partial charge in [0.15, 0.2) is 6.29 Å². The van der Waals surface area contributed by atoms with E-state index in [-0.39, 0.29) is 25.6 Å². The zero-order chi connectivity index (χ0) is 8.10. The monoisotopic (exact) mass is 156 g/mol. The van der Waals surface area contributed by atoms with E-state index in [1.807, 2.05) is 0 Å². The maximum atomic E-state index is 8.69. The highest BCUT2D eigenvalue weighted by Crippen LogP contribution is 2.19. The lowest BCUT2D eigenvalue weighted by Crippen LogP contribution is -2.16. The molecule has 0 aliphatic carbocycles. The number of aliphatic hydroxyl groups excluding tert-OH is 1. The van der Waals surface area contributed by atoms with Gasteiger partial charge in [0.25, 0.3) is 0 Å². The van der Waals surface area contributed by atoms with Crippen molar-refractivity contribution in [3.05, 3.63) is 0 Å². The molecule has 1 aliphatic heterocycles. The van der Waals surface area contributed by atoms with Crippen molar-refractivity contribution in [2.24, 2.45) is 0 Å². The molecule has 1 unspecified atom stereocenters. The average Bonchev–Trinajstić information content (AvgIpc) is 2.48. The molecule has 0 bridgehead atoms. The molecular weight excluding hydrogens is 144 g/mol. The van der Waals surface area contributed by atoms with Gasteiger partial charge in [-0.05, 0) is 6.42 Å². The van der Waals surface area contributed by atoms with E-state index in [2.05, 4.69) is 5.92 Å².